The second-order valence-corrected chi connectivity index (χ2v) is 8.03. The largest absolute Gasteiger partial charge is 0.467 e. The van der Waals surface area contributed by atoms with Gasteiger partial charge in [0, 0.05) is 18.7 Å². The second-order valence-electron chi connectivity index (χ2n) is 8.03. The summed E-state index contributed by atoms with van der Waals surface area (Å²) in [5.74, 6) is -0.0767. The third-order valence-corrected chi connectivity index (χ3v) is 5.91. The molecule has 162 valence electrons. The van der Waals surface area contributed by atoms with Crippen LogP contribution in [0.2, 0.25) is 0 Å². The average Bonchev–Trinajstić information content (AvgIpc) is 3.49. The van der Waals surface area contributed by atoms with Gasteiger partial charge in [0.25, 0.3) is 5.91 Å². The molecular formula is C24H23N5O3. The monoisotopic (exact) mass is 429 g/mol. The van der Waals surface area contributed by atoms with Gasteiger partial charge in [0.05, 0.1) is 35.0 Å². The van der Waals surface area contributed by atoms with Crippen LogP contribution < -0.4 is 5.73 Å². The van der Waals surface area contributed by atoms with E-state index in [1.165, 1.54) is 0 Å². The van der Waals surface area contributed by atoms with Crippen molar-refractivity contribution in [2.45, 2.75) is 19.4 Å². The molecule has 8 nitrogen and oxygen atoms in total. The molecule has 0 radical (unpaired) electrons. The molecule has 0 aliphatic carbocycles. The van der Waals surface area contributed by atoms with E-state index in [1.807, 2.05) is 48.5 Å². The van der Waals surface area contributed by atoms with Crippen molar-refractivity contribution >= 4 is 22.8 Å². The number of benzene rings is 1. The number of nitrogens with two attached hydrogens (primary N) is 1. The van der Waals surface area contributed by atoms with Crippen LogP contribution in [0.3, 0.4) is 0 Å². The van der Waals surface area contributed by atoms with Gasteiger partial charge in [-0.2, -0.15) is 5.10 Å². The zero-order valence-electron chi connectivity index (χ0n) is 17.5. The zero-order valence-corrected chi connectivity index (χ0v) is 17.5. The Bertz CT molecular complexity index is 1260. The van der Waals surface area contributed by atoms with E-state index in [4.69, 9.17) is 15.1 Å². The van der Waals surface area contributed by atoms with Crippen molar-refractivity contribution < 1.29 is 14.0 Å². The molecule has 1 aromatic carbocycles. The fraction of sp³-hybridized carbons (Fsp3) is 0.250. The number of hydrogen-bond acceptors (Lipinski definition) is 5. The highest BCUT2D eigenvalue weighted by Crippen LogP contribution is 2.28. The number of nitrogens with zero attached hydrogens (tertiary/aromatic N) is 4. The van der Waals surface area contributed by atoms with Crippen LogP contribution >= 0.6 is 0 Å². The first-order chi connectivity index (χ1) is 15.6. The van der Waals surface area contributed by atoms with Gasteiger partial charge in [-0.05, 0) is 31.0 Å². The molecule has 1 atom stereocenters. The fourth-order valence-electron chi connectivity index (χ4n) is 4.21. The van der Waals surface area contributed by atoms with Gasteiger partial charge in [-0.25, -0.2) is 9.67 Å². The number of fused-ring (bicyclic) bond motifs is 1. The van der Waals surface area contributed by atoms with Gasteiger partial charge in [0.15, 0.2) is 5.65 Å². The Morgan fingerprint density at radius 2 is 2.00 bits per heavy atom. The van der Waals surface area contributed by atoms with E-state index in [0.29, 0.717) is 48.3 Å². The Labute approximate surface area is 184 Å². The standard InChI is InChI=1S/C24H23N5O3/c25-22(30)17-8-4-10-28(14-17)24(31)19-12-21(16-6-2-1-3-7-16)27-23-20(19)13-26-29(23)15-18-9-5-11-32-18/h1-3,5-7,9,11-13,17H,4,8,10,14-15H2,(H2,25,30). The lowest BCUT2D eigenvalue weighted by molar-refractivity contribution is -0.123. The molecule has 4 heterocycles. The smallest absolute Gasteiger partial charge is 0.254 e. The molecule has 5 rings (SSSR count). The van der Waals surface area contributed by atoms with E-state index in [2.05, 4.69) is 5.10 Å². The molecule has 1 saturated heterocycles. The minimum absolute atomic E-state index is 0.141. The van der Waals surface area contributed by atoms with Gasteiger partial charge in [0.1, 0.15) is 12.3 Å². The summed E-state index contributed by atoms with van der Waals surface area (Å²) < 4.78 is 7.21. The van der Waals surface area contributed by atoms with Crippen molar-refractivity contribution in [3.8, 4) is 11.3 Å². The average molecular weight is 429 g/mol. The Kier molecular flexibility index (Phi) is 5.18. The molecule has 8 heteroatoms. The highest BCUT2D eigenvalue weighted by atomic mass is 16.3. The fourth-order valence-corrected chi connectivity index (χ4v) is 4.21. The molecule has 2 N–H and O–H groups in total. The van der Waals surface area contributed by atoms with Gasteiger partial charge >= 0.3 is 0 Å². The van der Waals surface area contributed by atoms with Gasteiger partial charge in [-0.15, -0.1) is 0 Å². The zero-order chi connectivity index (χ0) is 22.1. The summed E-state index contributed by atoms with van der Waals surface area (Å²) in [4.78, 5) is 31.8. The van der Waals surface area contributed by atoms with Gasteiger partial charge in [-0.3, -0.25) is 9.59 Å². The van der Waals surface area contributed by atoms with Crippen LogP contribution in [-0.2, 0) is 11.3 Å². The summed E-state index contributed by atoms with van der Waals surface area (Å²) >= 11 is 0. The minimum atomic E-state index is -0.362. The van der Waals surface area contributed by atoms with E-state index >= 15 is 0 Å². The molecule has 4 aromatic rings. The number of aromatic nitrogens is 3. The van der Waals surface area contributed by atoms with Crippen LogP contribution in [0.25, 0.3) is 22.3 Å². The Balaban J connectivity index is 1.60. The lowest BCUT2D eigenvalue weighted by Gasteiger charge is -2.31. The predicted molar refractivity (Wildman–Crippen MR) is 119 cm³/mol. The van der Waals surface area contributed by atoms with Crippen molar-refractivity contribution in [2.24, 2.45) is 11.7 Å². The van der Waals surface area contributed by atoms with Crippen molar-refractivity contribution in [3.63, 3.8) is 0 Å². The molecule has 2 amide bonds. The minimum Gasteiger partial charge on any atom is -0.467 e. The van der Waals surface area contributed by atoms with Crippen LogP contribution in [0, 0.1) is 5.92 Å². The van der Waals surface area contributed by atoms with Crippen molar-refractivity contribution in [3.05, 3.63) is 72.3 Å². The molecule has 1 unspecified atom stereocenters. The van der Waals surface area contributed by atoms with Crippen LogP contribution in [0.15, 0.2) is 65.4 Å². The second kappa shape index (κ2) is 8.30. The highest BCUT2D eigenvalue weighted by Gasteiger charge is 2.29. The molecule has 1 fully saturated rings. The Morgan fingerprint density at radius 3 is 2.75 bits per heavy atom. The third kappa shape index (κ3) is 3.75. The van der Waals surface area contributed by atoms with E-state index in [0.717, 1.165) is 17.7 Å². The first kappa shape index (κ1) is 20.0. The summed E-state index contributed by atoms with van der Waals surface area (Å²) in [6.07, 6.45) is 4.74. The number of furan rings is 1. The maximum atomic E-state index is 13.6. The van der Waals surface area contributed by atoms with Crippen molar-refractivity contribution in [1.29, 1.82) is 0 Å². The number of likely N-dealkylation sites (tertiary alicyclic amines) is 1. The number of amides is 2. The Morgan fingerprint density at radius 1 is 1.16 bits per heavy atom. The van der Waals surface area contributed by atoms with Crippen molar-refractivity contribution in [1.82, 2.24) is 19.7 Å². The molecule has 32 heavy (non-hydrogen) atoms. The van der Waals surface area contributed by atoms with Crippen LogP contribution in [-0.4, -0.2) is 44.6 Å². The normalized spacial score (nSPS) is 16.4. The van der Waals surface area contributed by atoms with Crippen LogP contribution in [0.5, 0.6) is 0 Å². The van der Waals surface area contributed by atoms with Crippen molar-refractivity contribution in [2.75, 3.05) is 13.1 Å². The summed E-state index contributed by atoms with van der Waals surface area (Å²) in [6, 6.07) is 15.2. The Hall–Kier alpha value is -3.94. The maximum absolute atomic E-state index is 13.6. The van der Waals surface area contributed by atoms with E-state index < -0.39 is 0 Å². The molecule has 1 aliphatic rings. The van der Waals surface area contributed by atoms with E-state index in [-0.39, 0.29) is 17.7 Å². The van der Waals surface area contributed by atoms with Crippen LogP contribution in [0.1, 0.15) is 29.0 Å². The quantitative estimate of drug-likeness (QED) is 0.525. The number of hydrogen-bond donors (Lipinski definition) is 1. The molecule has 3 aromatic heterocycles. The molecule has 0 spiro atoms. The van der Waals surface area contributed by atoms with E-state index in [9.17, 15) is 9.59 Å². The third-order valence-electron chi connectivity index (χ3n) is 5.91. The summed E-state index contributed by atoms with van der Waals surface area (Å²) in [5, 5.41) is 5.15. The van der Waals surface area contributed by atoms with Gasteiger partial charge in [0.2, 0.25) is 5.91 Å². The summed E-state index contributed by atoms with van der Waals surface area (Å²) in [6.45, 7) is 1.33. The lowest BCUT2D eigenvalue weighted by Crippen LogP contribution is -2.44. The summed E-state index contributed by atoms with van der Waals surface area (Å²) in [7, 11) is 0. The molecule has 0 bridgehead atoms. The topological polar surface area (TPSA) is 107 Å². The molecule has 0 saturated carbocycles. The van der Waals surface area contributed by atoms with Crippen LogP contribution in [0.4, 0.5) is 0 Å². The first-order valence-corrected chi connectivity index (χ1v) is 10.6. The maximum Gasteiger partial charge on any atom is 0.254 e. The van der Waals surface area contributed by atoms with E-state index in [1.54, 1.807) is 22.0 Å². The number of carbonyl (C=O) groups is 2. The number of rotatable bonds is 5. The predicted octanol–water partition coefficient (Wildman–Crippen LogP) is 3.08. The number of primary amides is 1. The van der Waals surface area contributed by atoms with Gasteiger partial charge in [-0.1, -0.05) is 30.3 Å². The lowest BCUT2D eigenvalue weighted by atomic mass is 9.96. The molecular weight excluding hydrogens is 406 g/mol. The number of pyridine rings is 1. The molecule has 1 aliphatic heterocycles. The number of carbonyl (C=O) groups excluding carboxylic acids is 2. The summed E-state index contributed by atoms with van der Waals surface area (Å²) in [5.41, 5.74) is 8.23. The highest BCUT2D eigenvalue weighted by molar-refractivity contribution is 6.06. The van der Waals surface area contributed by atoms with Gasteiger partial charge < -0.3 is 15.1 Å². The first-order valence-electron chi connectivity index (χ1n) is 10.6. The number of piperidine rings is 1. The SMILES string of the molecule is NC(=O)C1CCCN(C(=O)c2cc(-c3ccccc3)nc3c2cnn3Cc2ccco2)C1.